The van der Waals surface area contributed by atoms with Crippen LogP contribution >= 0.6 is 0 Å². The highest BCUT2D eigenvalue weighted by Crippen LogP contribution is 2.37. The fraction of sp³-hybridized carbons (Fsp3) is 0.857. The normalized spacial score (nSPS) is 42.1. The Hall–Kier alpha value is -1.55. The molecule has 30 heavy (non-hydrogen) atoms. The molecule has 0 radical (unpaired) electrons. The number of hydrazone groups is 1. The van der Waals surface area contributed by atoms with Crippen molar-refractivity contribution in [3.63, 3.8) is 0 Å². The van der Waals surface area contributed by atoms with Crippen LogP contribution in [0.4, 0.5) is 0 Å². The van der Waals surface area contributed by atoms with E-state index in [0.717, 1.165) is 19.3 Å². The van der Waals surface area contributed by atoms with Crippen LogP contribution in [0.1, 0.15) is 33.1 Å². The van der Waals surface area contributed by atoms with Gasteiger partial charge < -0.3 is 24.8 Å². The van der Waals surface area contributed by atoms with Gasteiger partial charge in [-0.3, -0.25) is 14.8 Å². The molecule has 0 saturated carbocycles. The second kappa shape index (κ2) is 8.90. The van der Waals surface area contributed by atoms with E-state index in [2.05, 4.69) is 22.3 Å². The lowest BCUT2D eigenvalue weighted by Gasteiger charge is -2.40. The van der Waals surface area contributed by atoms with Crippen LogP contribution in [0.25, 0.3) is 0 Å². The summed E-state index contributed by atoms with van der Waals surface area (Å²) in [6, 6.07) is 0.474. The topological polar surface area (TPSA) is 99.0 Å². The average molecular weight is 422 g/mol. The molecular weight excluding hydrogens is 386 g/mol. The number of fused-ring (bicyclic) bond motifs is 1. The third kappa shape index (κ3) is 4.00. The van der Waals surface area contributed by atoms with Gasteiger partial charge in [0.05, 0.1) is 31.2 Å². The molecule has 0 aromatic rings. The number of carbonyl (C=O) groups is 1. The Bertz CT molecular complexity index is 686. The van der Waals surface area contributed by atoms with Gasteiger partial charge in [0.25, 0.3) is 0 Å². The Morgan fingerprint density at radius 2 is 2.10 bits per heavy atom. The largest absolute Gasteiger partial charge is 0.392 e. The summed E-state index contributed by atoms with van der Waals surface area (Å²) in [7, 11) is 3.37. The molecule has 9 nitrogen and oxygen atoms in total. The fourth-order valence-corrected chi connectivity index (χ4v) is 5.60. The van der Waals surface area contributed by atoms with E-state index < -0.39 is 6.10 Å². The summed E-state index contributed by atoms with van der Waals surface area (Å²) < 4.78 is 11.0. The monoisotopic (exact) mass is 421 g/mol. The van der Waals surface area contributed by atoms with Gasteiger partial charge in [-0.2, -0.15) is 5.10 Å². The molecule has 4 aliphatic rings. The van der Waals surface area contributed by atoms with Gasteiger partial charge in [0, 0.05) is 50.7 Å². The first kappa shape index (κ1) is 21.7. The van der Waals surface area contributed by atoms with Crippen molar-refractivity contribution in [1.29, 1.82) is 0 Å². The number of likely N-dealkylation sites (tertiary alicyclic amines) is 1. The van der Waals surface area contributed by atoms with Crippen LogP contribution in [0.2, 0.25) is 0 Å². The van der Waals surface area contributed by atoms with E-state index in [-0.39, 0.29) is 54.2 Å². The molecule has 0 aromatic carbocycles. The SMILES string of the molecule is COC1CC(C2CCC3C(=O)N(C4C=NN(C[C@@H](C)O)C4)C(C)C3N2)C=NC1OC. The number of ether oxygens (including phenoxy) is 2. The van der Waals surface area contributed by atoms with Crippen molar-refractivity contribution >= 4 is 18.3 Å². The minimum atomic E-state index is -0.441. The fourth-order valence-electron chi connectivity index (χ4n) is 5.60. The number of aliphatic hydroxyl groups is 1. The number of piperidine rings is 1. The van der Waals surface area contributed by atoms with Crippen LogP contribution < -0.4 is 5.32 Å². The van der Waals surface area contributed by atoms with Gasteiger partial charge in [0.15, 0.2) is 6.23 Å². The average Bonchev–Trinajstić information content (AvgIpc) is 3.28. The smallest absolute Gasteiger partial charge is 0.228 e. The van der Waals surface area contributed by atoms with Crippen LogP contribution in [0.3, 0.4) is 0 Å². The third-order valence-corrected chi connectivity index (χ3v) is 7.10. The molecule has 1 amide bonds. The van der Waals surface area contributed by atoms with Gasteiger partial charge in [-0.1, -0.05) is 0 Å². The first-order valence-electron chi connectivity index (χ1n) is 11.1. The zero-order valence-electron chi connectivity index (χ0n) is 18.3. The van der Waals surface area contributed by atoms with E-state index in [9.17, 15) is 9.90 Å². The number of β-amino-alcohol motifs (C(OH)–C–C–N with tert-alkyl or cyclic N) is 1. The van der Waals surface area contributed by atoms with Gasteiger partial charge >= 0.3 is 0 Å². The zero-order chi connectivity index (χ0) is 21.4. The molecule has 0 aliphatic carbocycles. The molecule has 0 bridgehead atoms. The predicted octanol–water partition coefficient (Wildman–Crippen LogP) is 0.0829. The number of nitrogens with one attached hydrogen (secondary N) is 1. The third-order valence-electron chi connectivity index (χ3n) is 7.10. The summed E-state index contributed by atoms with van der Waals surface area (Å²) in [5, 5.41) is 19.7. The number of amides is 1. The Labute approximate surface area is 178 Å². The van der Waals surface area contributed by atoms with E-state index in [1.807, 2.05) is 22.3 Å². The van der Waals surface area contributed by atoms with Crippen LogP contribution in [-0.4, -0.2) is 103 Å². The molecule has 4 aliphatic heterocycles. The van der Waals surface area contributed by atoms with E-state index in [1.54, 1.807) is 21.1 Å². The Morgan fingerprint density at radius 1 is 1.30 bits per heavy atom. The standard InChI is InChI=1S/C21H35N5O4/c1-12(27)10-25-11-15(9-23-25)26-13(2)19-16(21(26)28)5-6-17(24-19)14-7-18(29-3)20(30-4)22-8-14/h8-9,12-20,24,27H,5-7,10-11H2,1-4H3/t12-,13?,14?,15?,16?,17?,18?,19?,20?/m1/s1. The molecule has 9 atom stereocenters. The second-order valence-corrected chi connectivity index (χ2v) is 9.12. The highest BCUT2D eigenvalue weighted by Gasteiger charge is 2.51. The molecule has 4 rings (SSSR count). The molecule has 0 aromatic heterocycles. The Kier molecular flexibility index (Phi) is 6.43. The summed E-state index contributed by atoms with van der Waals surface area (Å²) in [5.41, 5.74) is 0. The van der Waals surface area contributed by atoms with Crippen LogP contribution in [0.15, 0.2) is 10.1 Å². The highest BCUT2D eigenvalue weighted by atomic mass is 16.5. The molecule has 2 fully saturated rings. The van der Waals surface area contributed by atoms with E-state index in [4.69, 9.17) is 9.47 Å². The van der Waals surface area contributed by atoms with Crippen molar-refractivity contribution in [2.24, 2.45) is 21.9 Å². The summed E-state index contributed by atoms with van der Waals surface area (Å²) in [5.74, 6) is 0.509. The number of methoxy groups -OCH3 is 2. The molecule has 2 saturated heterocycles. The molecular formula is C21H35N5O4. The van der Waals surface area contributed by atoms with Crippen molar-refractivity contribution in [2.75, 3.05) is 27.3 Å². The molecule has 2 N–H and O–H groups in total. The van der Waals surface area contributed by atoms with Crippen molar-refractivity contribution in [2.45, 2.75) is 75.7 Å². The van der Waals surface area contributed by atoms with E-state index in [1.165, 1.54) is 0 Å². The number of nitrogens with zero attached hydrogens (tertiary/aromatic N) is 4. The van der Waals surface area contributed by atoms with Gasteiger partial charge in [-0.25, -0.2) is 0 Å². The maximum Gasteiger partial charge on any atom is 0.228 e. The van der Waals surface area contributed by atoms with E-state index in [0.29, 0.717) is 13.1 Å². The van der Waals surface area contributed by atoms with Gasteiger partial charge in [-0.05, 0) is 33.1 Å². The minimum Gasteiger partial charge on any atom is -0.392 e. The van der Waals surface area contributed by atoms with Crippen molar-refractivity contribution in [3.05, 3.63) is 0 Å². The lowest BCUT2D eigenvalue weighted by molar-refractivity contribution is -0.133. The highest BCUT2D eigenvalue weighted by molar-refractivity contribution is 5.87. The number of rotatable bonds is 6. The van der Waals surface area contributed by atoms with Crippen molar-refractivity contribution < 1.29 is 19.4 Å². The van der Waals surface area contributed by atoms with E-state index >= 15 is 0 Å². The van der Waals surface area contributed by atoms with Crippen LogP contribution in [-0.2, 0) is 14.3 Å². The van der Waals surface area contributed by atoms with Crippen molar-refractivity contribution in [1.82, 2.24) is 15.2 Å². The number of carbonyl (C=O) groups excluding carboxylic acids is 1. The molecule has 0 spiro atoms. The first-order chi connectivity index (χ1) is 14.4. The molecule has 8 unspecified atom stereocenters. The first-order valence-corrected chi connectivity index (χ1v) is 11.1. The number of aliphatic imine (C=N–C) groups is 1. The lowest BCUT2D eigenvalue weighted by atomic mass is 9.80. The van der Waals surface area contributed by atoms with Gasteiger partial charge in [0.1, 0.15) is 6.10 Å². The summed E-state index contributed by atoms with van der Waals surface area (Å²) in [4.78, 5) is 19.8. The predicted molar refractivity (Wildman–Crippen MR) is 113 cm³/mol. The maximum atomic E-state index is 13.2. The van der Waals surface area contributed by atoms with Gasteiger partial charge in [0.2, 0.25) is 5.91 Å². The summed E-state index contributed by atoms with van der Waals surface area (Å²) in [6.07, 6.45) is 5.84. The lowest BCUT2D eigenvalue weighted by Crippen LogP contribution is -2.55. The number of aliphatic hydroxyl groups excluding tert-OH is 1. The summed E-state index contributed by atoms with van der Waals surface area (Å²) >= 11 is 0. The molecule has 168 valence electrons. The zero-order valence-corrected chi connectivity index (χ0v) is 18.3. The molecule has 9 heteroatoms. The number of hydrogen-bond acceptors (Lipinski definition) is 8. The Morgan fingerprint density at radius 3 is 2.80 bits per heavy atom. The van der Waals surface area contributed by atoms with Gasteiger partial charge in [-0.15, -0.1) is 0 Å². The quantitative estimate of drug-likeness (QED) is 0.630. The maximum absolute atomic E-state index is 13.2. The van der Waals surface area contributed by atoms with Crippen molar-refractivity contribution in [3.8, 4) is 0 Å². The summed E-state index contributed by atoms with van der Waals surface area (Å²) in [6.45, 7) is 5.02. The molecule has 4 heterocycles. The second-order valence-electron chi connectivity index (χ2n) is 9.12. The van der Waals surface area contributed by atoms with Crippen LogP contribution in [0, 0.1) is 11.8 Å². The number of hydrogen-bond donors (Lipinski definition) is 2. The Balaban J connectivity index is 1.41. The van der Waals surface area contributed by atoms with Crippen LogP contribution in [0.5, 0.6) is 0 Å². The minimum absolute atomic E-state index is 0.0148.